The number of carbonyl (C=O) groups is 1. The molecule has 0 fully saturated rings. The van der Waals surface area contributed by atoms with Gasteiger partial charge in [-0.2, -0.15) is 0 Å². The van der Waals surface area contributed by atoms with Crippen LogP contribution in [0, 0.1) is 5.41 Å². The molecule has 15 heavy (non-hydrogen) atoms. The van der Waals surface area contributed by atoms with Crippen LogP contribution in [0.4, 0.5) is 5.69 Å². The maximum Gasteiger partial charge on any atom is 0.235 e. The second-order valence-electron chi connectivity index (χ2n) is 5.37. The van der Waals surface area contributed by atoms with Crippen LogP contribution in [0.1, 0.15) is 33.3 Å². The van der Waals surface area contributed by atoms with Gasteiger partial charge in [0.2, 0.25) is 5.91 Å². The third-order valence-corrected chi connectivity index (χ3v) is 3.67. The fourth-order valence-electron chi connectivity index (χ4n) is 2.14. The van der Waals surface area contributed by atoms with Crippen molar-refractivity contribution < 1.29 is 4.79 Å². The SMILES string of the molecule is CC(C)(C)C1(C)C(=O)Nc2ccccc21. The summed E-state index contributed by atoms with van der Waals surface area (Å²) in [5.41, 5.74) is 1.57. The van der Waals surface area contributed by atoms with Gasteiger partial charge in [0.1, 0.15) is 0 Å². The number of para-hydroxylation sites is 1. The zero-order chi connectivity index (χ0) is 11.3. The van der Waals surface area contributed by atoms with Gasteiger partial charge >= 0.3 is 0 Å². The molecule has 1 heterocycles. The zero-order valence-corrected chi connectivity index (χ0v) is 9.72. The normalized spacial score (nSPS) is 24.9. The molecule has 0 radical (unpaired) electrons. The van der Waals surface area contributed by atoms with E-state index in [4.69, 9.17) is 0 Å². The van der Waals surface area contributed by atoms with E-state index in [0.29, 0.717) is 0 Å². The fraction of sp³-hybridized carbons (Fsp3) is 0.462. The van der Waals surface area contributed by atoms with Gasteiger partial charge in [0, 0.05) is 5.69 Å². The molecule has 1 atom stereocenters. The van der Waals surface area contributed by atoms with Crippen molar-refractivity contribution in [3.63, 3.8) is 0 Å². The third-order valence-electron chi connectivity index (χ3n) is 3.67. The number of amides is 1. The molecule has 1 aromatic rings. The van der Waals surface area contributed by atoms with E-state index in [1.165, 1.54) is 0 Å². The monoisotopic (exact) mass is 203 g/mol. The highest BCUT2D eigenvalue weighted by Gasteiger charge is 2.50. The molecule has 0 saturated heterocycles. The summed E-state index contributed by atoms with van der Waals surface area (Å²) < 4.78 is 0. The van der Waals surface area contributed by atoms with Gasteiger partial charge in [-0.05, 0) is 24.0 Å². The molecule has 1 N–H and O–H groups in total. The van der Waals surface area contributed by atoms with Crippen LogP contribution in [0.15, 0.2) is 24.3 Å². The molecule has 1 aromatic carbocycles. The highest BCUT2D eigenvalue weighted by molar-refractivity contribution is 6.06. The van der Waals surface area contributed by atoms with E-state index in [1.807, 2.05) is 31.2 Å². The Labute approximate surface area is 90.7 Å². The van der Waals surface area contributed by atoms with Gasteiger partial charge in [-0.3, -0.25) is 4.79 Å². The molecule has 0 aromatic heterocycles. The Hall–Kier alpha value is -1.31. The summed E-state index contributed by atoms with van der Waals surface area (Å²) in [4.78, 5) is 12.1. The summed E-state index contributed by atoms with van der Waals surface area (Å²) in [7, 11) is 0. The Morgan fingerprint density at radius 2 is 1.80 bits per heavy atom. The van der Waals surface area contributed by atoms with Crippen molar-refractivity contribution in [2.75, 3.05) is 5.32 Å². The smallest absolute Gasteiger partial charge is 0.235 e. The lowest BCUT2D eigenvalue weighted by atomic mass is 9.64. The second kappa shape index (κ2) is 2.84. The molecule has 1 aliphatic rings. The van der Waals surface area contributed by atoms with Crippen LogP contribution >= 0.6 is 0 Å². The van der Waals surface area contributed by atoms with E-state index in [-0.39, 0.29) is 11.3 Å². The lowest BCUT2D eigenvalue weighted by molar-refractivity contribution is -0.123. The van der Waals surface area contributed by atoms with Crippen molar-refractivity contribution in [1.82, 2.24) is 0 Å². The molecular weight excluding hydrogens is 186 g/mol. The first-order chi connectivity index (χ1) is 6.87. The van der Waals surface area contributed by atoms with E-state index in [9.17, 15) is 4.79 Å². The molecule has 0 saturated carbocycles. The van der Waals surface area contributed by atoms with Crippen LogP contribution in [0.5, 0.6) is 0 Å². The molecule has 1 aliphatic heterocycles. The molecule has 0 spiro atoms. The minimum Gasteiger partial charge on any atom is -0.325 e. The lowest BCUT2D eigenvalue weighted by Crippen LogP contribution is -2.43. The first-order valence-electron chi connectivity index (χ1n) is 5.28. The van der Waals surface area contributed by atoms with E-state index in [2.05, 4.69) is 26.1 Å². The van der Waals surface area contributed by atoms with Crippen molar-refractivity contribution in [2.24, 2.45) is 5.41 Å². The first-order valence-corrected chi connectivity index (χ1v) is 5.28. The third kappa shape index (κ3) is 1.21. The molecule has 2 nitrogen and oxygen atoms in total. The molecule has 0 bridgehead atoms. The Morgan fingerprint density at radius 3 is 2.40 bits per heavy atom. The minimum atomic E-state index is -0.427. The van der Waals surface area contributed by atoms with Crippen molar-refractivity contribution >= 4 is 11.6 Å². The van der Waals surface area contributed by atoms with E-state index in [1.54, 1.807) is 0 Å². The van der Waals surface area contributed by atoms with Gasteiger partial charge in [0.15, 0.2) is 0 Å². The summed E-state index contributed by atoms with van der Waals surface area (Å²) in [6.45, 7) is 8.34. The molecule has 2 rings (SSSR count). The van der Waals surface area contributed by atoms with Gasteiger partial charge in [0.25, 0.3) is 0 Å². The topological polar surface area (TPSA) is 29.1 Å². The highest BCUT2D eigenvalue weighted by atomic mass is 16.2. The van der Waals surface area contributed by atoms with Crippen LogP contribution in [-0.4, -0.2) is 5.91 Å². The Morgan fingerprint density at radius 1 is 1.20 bits per heavy atom. The summed E-state index contributed by atoms with van der Waals surface area (Å²) in [5, 5.41) is 2.96. The Balaban J connectivity index is 2.65. The van der Waals surface area contributed by atoms with Crippen LogP contribution in [0.3, 0.4) is 0 Å². The van der Waals surface area contributed by atoms with Crippen LogP contribution in [-0.2, 0) is 10.2 Å². The summed E-state index contributed by atoms with van der Waals surface area (Å²) in [5.74, 6) is 0.108. The second-order valence-corrected chi connectivity index (χ2v) is 5.37. The van der Waals surface area contributed by atoms with E-state index < -0.39 is 5.41 Å². The number of hydrogen-bond acceptors (Lipinski definition) is 1. The van der Waals surface area contributed by atoms with Gasteiger partial charge in [-0.15, -0.1) is 0 Å². The number of fused-ring (bicyclic) bond motifs is 1. The predicted molar refractivity (Wildman–Crippen MR) is 61.9 cm³/mol. The average molecular weight is 203 g/mol. The first kappa shape index (κ1) is 10.2. The molecule has 2 heteroatoms. The molecule has 80 valence electrons. The molecular formula is C13H17NO. The van der Waals surface area contributed by atoms with Gasteiger partial charge in [-0.25, -0.2) is 0 Å². The number of nitrogens with one attached hydrogen (secondary N) is 1. The molecule has 0 aliphatic carbocycles. The number of rotatable bonds is 0. The minimum absolute atomic E-state index is 0.0797. The van der Waals surface area contributed by atoms with Gasteiger partial charge in [0.05, 0.1) is 5.41 Å². The van der Waals surface area contributed by atoms with Crippen molar-refractivity contribution in [3.05, 3.63) is 29.8 Å². The number of anilines is 1. The largest absolute Gasteiger partial charge is 0.325 e. The Kier molecular flexibility index (Phi) is 1.94. The van der Waals surface area contributed by atoms with Gasteiger partial charge < -0.3 is 5.32 Å². The number of benzene rings is 1. The maximum atomic E-state index is 12.1. The number of carbonyl (C=O) groups excluding carboxylic acids is 1. The highest BCUT2D eigenvalue weighted by Crippen LogP contribution is 2.48. The van der Waals surface area contributed by atoms with E-state index in [0.717, 1.165) is 11.3 Å². The van der Waals surface area contributed by atoms with Crippen molar-refractivity contribution in [1.29, 1.82) is 0 Å². The standard InChI is InChI=1S/C13H17NO/c1-12(2,3)13(4)9-7-5-6-8-10(9)14-11(13)15/h5-8H,1-4H3,(H,14,15). The van der Waals surface area contributed by atoms with Crippen LogP contribution < -0.4 is 5.32 Å². The predicted octanol–water partition coefficient (Wildman–Crippen LogP) is 2.94. The van der Waals surface area contributed by atoms with Gasteiger partial charge in [-0.1, -0.05) is 39.0 Å². The summed E-state index contributed by atoms with van der Waals surface area (Å²) >= 11 is 0. The lowest BCUT2D eigenvalue weighted by Gasteiger charge is -2.36. The van der Waals surface area contributed by atoms with Crippen molar-refractivity contribution in [2.45, 2.75) is 33.1 Å². The number of hydrogen-bond donors (Lipinski definition) is 1. The van der Waals surface area contributed by atoms with E-state index >= 15 is 0 Å². The molecule has 1 unspecified atom stereocenters. The van der Waals surface area contributed by atoms with Crippen LogP contribution in [0.2, 0.25) is 0 Å². The van der Waals surface area contributed by atoms with Crippen molar-refractivity contribution in [3.8, 4) is 0 Å². The summed E-state index contributed by atoms with van der Waals surface area (Å²) in [6.07, 6.45) is 0. The quantitative estimate of drug-likeness (QED) is 0.690. The fourth-order valence-corrected chi connectivity index (χ4v) is 2.14. The molecule has 1 amide bonds. The Bertz CT molecular complexity index is 417. The summed E-state index contributed by atoms with van der Waals surface area (Å²) in [6, 6.07) is 7.94. The zero-order valence-electron chi connectivity index (χ0n) is 9.72. The van der Waals surface area contributed by atoms with Crippen LogP contribution in [0.25, 0.3) is 0 Å². The maximum absolute atomic E-state index is 12.1. The average Bonchev–Trinajstić information content (AvgIpc) is 2.40.